The van der Waals surface area contributed by atoms with Crippen molar-refractivity contribution in [2.24, 2.45) is 0 Å². The van der Waals surface area contributed by atoms with Crippen molar-refractivity contribution < 1.29 is 9.90 Å². The van der Waals surface area contributed by atoms with Crippen LogP contribution in [0.1, 0.15) is 70.6 Å². The van der Waals surface area contributed by atoms with Crippen LogP contribution in [0.3, 0.4) is 0 Å². The minimum absolute atomic E-state index is 0.464. The second-order valence-corrected chi connectivity index (χ2v) is 4.22. The highest BCUT2D eigenvalue weighted by atomic mass is 16.2. The SMILES string of the molecule is C1CCCCC1.CO.O=C1CCCCC1. The number of hydrogen-bond acceptors (Lipinski definition) is 2. The van der Waals surface area contributed by atoms with Crippen LogP contribution in [0.5, 0.6) is 0 Å². The van der Waals surface area contributed by atoms with Crippen molar-refractivity contribution >= 4 is 5.78 Å². The average molecular weight is 214 g/mol. The zero-order valence-corrected chi connectivity index (χ0v) is 10.1. The van der Waals surface area contributed by atoms with Gasteiger partial charge in [0.05, 0.1) is 0 Å². The molecule has 1 N–H and O–H groups in total. The third-order valence-corrected chi connectivity index (χ3v) is 2.91. The van der Waals surface area contributed by atoms with E-state index in [1.165, 1.54) is 44.9 Å². The maximum atomic E-state index is 10.5. The lowest BCUT2D eigenvalue weighted by Crippen LogP contribution is -2.02. The molecule has 0 heterocycles. The summed E-state index contributed by atoms with van der Waals surface area (Å²) >= 11 is 0. The maximum absolute atomic E-state index is 10.5. The third kappa shape index (κ3) is 9.92. The summed E-state index contributed by atoms with van der Waals surface area (Å²) in [6, 6.07) is 0. The zero-order valence-electron chi connectivity index (χ0n) is 10.1. The number of hydrogen-bond donors (Lipinski definition) is 1. The van der Waals surface area contributed by atoms with E-state index in [-0.39, 0.29) is 0 Å². The van der Waals surface area contributed by atoms with Crippen LogP contribution in [0.15, 0.2) is 0 Å². The van der Waals surface area contributed by atoms with Crippen LogP contribution >= 0.6 is 0 Å². The molecule has 0 radical (unpaired) electrons. The topological polar surface area (TPSA) is 37.3 Å². The fourth-order valence-electron chi connectivity index (χ4n) is 2.01. The quantitative estimate of drug-likeness (QED) is 0.670. The Morgan fingerprint density at radius 1 is 0.667 bits per heavy atom. The summed E-state index contributed by atoms with van der Waals surface area (Å²) in [4.78, 5) is 10.5. The van der Waals surface area contributed by atoms with E-state index in [9.17, 15) is 4.79 Å². The molecule has 0 aromatic rings. The molecule has 0 atom stereocenters. The van der Waals surface area contributed by atoms with Crippen molar-refractivity contribution in [3.05, 3.63) is 0 Å². The van der Waals surface area contributed by atoms with E-state index in [2.05, 4.69) is 0 Å². The lowest BCUT2D eigenvalue weighted by atomic mass is 10.00. The summed E-state index contributed by atoms with van der Waals surface area (Å²) < 4.78 is 0. The second-order valence-electron chi connectivity index (χ2n) is 4.22. The summed E-state index contributed by atoms with van der Waals surface area (Å²) in [5, 5.41) is 7.00. The predicted octanol–water partition coefficient (Wildman–Crippen LogP) is 3.47. The van der Waals surface area contributed by atoms with E-state index in [1.807, 2.05) is 0 Å². The Labute approximate surface area is 94.1 Å². The number of Topliss-reactive ketones (excluding diaryl/α,β-unsaturated/α-hetero) is 1. The lowest BCUT2D eigenvalue weighted by molar-refractivity contribution is -0.120. The molecule has 0 spiro atoms. The smallest absolute Gasteiger partial charge is 0.132 e. The molecule has 2 aliphatic rings. The Bertz CT molecular complexity index is 120. The molecular weight excluding hydrogens is 188 g/mol. The van der Waals surface area contributed by atoms with Gasteiger partial charge in [0.25, 0.3) is 0 Å². The van der Waals surface area contributed by atoms with Crippen LogP contribution in [0.2, 0.25) is 0 Å². The van der Waals surface area contributed by atoms with Crippen LogP contribution in [0, 0.1) is 0 Å². The molecule has 0 unspecified atom stereocenters. The van der Waals surface area contributed by atoms with Crippen LogP contribution in [-0.2, 0) is 4.79 Å². The highest BCUT2D eigenvalue weighted by Crippen LogP contribution is 2.15. The normalized spacial score (nSPS) is 20.5. The van der Waals surface area contributed by atoms with Crippen molar-refractivity contribution in [1.29, 1.82) is 0 Å². The van der Waals surface area contributed by atoms with E-state index in [4.69, 9.17) is 5.11 Å². The standard InChI is InChI=1S/C6H10O.C6H12.CH4O/c7-6-4-2-1-3-5-6;1-2-4-6-5-3-1;1-2/h1-5H2;1-6H2;2H,1H3. The fraction of sp³-hybridized carbons (Fsp3) is 0.923. The number of aliphatic hydroxyl groups is 1. The fourth-order valence-corrected chi connectivity index (χ4v) is 2.01. The molecular formula is C13H26O2. The molecule has 0 bridgehead atoms. The van der Waals surface area contributed by atoms with Gasteiger partial charge in [0.15, 0.2) is 0 Å². The van der Waals surface area contributed by atoms with Crippen molar-refractivity contribution in [2.45, 2.75) is 70.6 Å². The van der Waals surface area contributed by atoms with Crippen molar-refractivity contribution in [3.8, 4) is 0 Å². The molecule has 2 aliphatic carbocycles. The van der Waals surface area contributed by atoms with E-state index >= 15 is 0 Å². The largest absolute Gasteiger partial charge is 0.400 e. The summed E-state index contributed by atoms with van der Waals surface area (Å²) in [5.41, 5.74) is 0. The van der Waals surface area contributed by atoms with E-state index in [0.29, 0.717) is 5.78 Å². The molecule has 0 amide bonds. The molecule has 2 nitrogen and oxygen atoms in total. The van der Waals surface area contributed by atoms with Gasteiger partial charge in [-0.05, 0) is 12.8 Å². The minimum atomic E-state index is 0.464. The first-order valence-corrected chi connectivity index (χ1v) is 6.36. The number of ketones is 1. The van der Waals surface area contributed by atoms with Gasteiger partial charge in [0.2, 0.25) is 0 Å². The Hall–Kier alpha value is -0.370. The van der Waals surface area contributed by atoms with Crippen molar-refractivity contribution in [2.75, 3.05) is 7.11 Å². The Balaban J connectivity index is 0.000000227. The molecule has 0 aromatic heterocycles. The zero-order chi connectivity index (χ0) is 11.4. The molecule has 2 heteroatoms. The number of carbonyl (C=O) groups is 1. The summed E-state index contributed by atoms with van der Waals surface area (Å²) in [6.07, 6.45) is 14.2. The van der Waals surface area contributed by atoms with E-state index < -0.39 is 0 Å². The van der Waals surface area contributed by atoms with Gasteiger partial charge in [-0.15, -0.1) is 0 Å². The monoisotopic (exact) mass is 214 g/mol. The number of carbonyl (C=O) groups excluding carboxylic acids is 1. The Morgan fingerprint density at radius 2 is 0.933 bits per heavy atom. The summed E-state index contributed by atoms with van der Waals surface area (Å²) in [6.45, 7) is 0. The van der Waals surface area contributed by atoms with Gasteiger partial charge >= 0.3 is 0 Å². The maximum Gasteiger partial charge on any atom is 0.132 e. The third-order valence-electron chi connectivity index (χ3n) is 2.91. The van der Waals surface area contributed by atoms with Crippen LogP contribution < -0.4 is 0 Å². The first-order chi connectivity index (χ1) is 7.39. The molecule has 2 fully saturated rings. The van der Waals surface area contributed by atoms with Crippen LogP contribution in [-0.4, -0.2) is 18.0 Å². The van der Waals surface area contributed by atoms with Gasteiger partial charge in [0.1, 0.15) is 5.78 Å². The molecule has 0 saturated heterocycles. The Morgan fingerprint density at radius 3 is 1.13 bits per heavy atom. The van der Waals surface area contributed by atoms with Crippen molar-refractivity contribution in [1.82, 2.24) is 0 Å². The van der Waals surface area contributed by atoms with Gasteiger partial charge in [-0.1, -0.05) is 44.9 Å². The molecule has 15 heavy (non-hydrogen) atoms. The van der Waals surface area contributed by atoms with E-state index in [0.717, 1.165) is 32.8 Å². The highest BCUT2D eigenvalue weighted by Gasteiger charge is 2.05. The first kappa shape index (κ1) is 14.6. The average Bonchev–Trinajstić information content (AvgIpc) is 2.36. The van der Waals surface area contributed by atoms with Gasteiger partial charge in [-0.3, -0.25) is 4.79 Å². The van der Waals surface area contributed by atoms with Crippen LogP contribution in [0.4, 0.5) is 0 Å². The number of aliphatic hydroxyl groups excluding tert-OH is 1. The predicted molar refractivity (Wildman–Crippen MR) is 63.9 cm³/mol. The number of rotatable bonds is 0. The van der Waals surface area contributed by atoms with Gasteiger partial charge in [0, 0.05) is 20.0 Å². The summed E-state index contributed by atoms with van der Waals surface area (Å²) in [7, 11) is 1.00. The molecule has 2 rings (SSSR count). The van der Waals surface area contributed by atoms with Crippen molar-refractivity contribution in [3.63, 3.8) is 0 Å². The molecule has 2 saturated carbocycles. The highest BCUT2D eigenvalue weighted by molar-refractivity contribution is 5.78. The lowest BCUT2D eigenvalue weighted by Gasteiger charge is -2.05. The Kier molecular flexibility index (Phi) is 11.4. The van der Waals surface area contributed by atoms with Gasteiger partial charge in [-0.25, -0.2) is 0 Å². The van der Waals surface area contributed by atoms with Crippen LogP contribution in [0.25, 0.3) is 0 Å². The second kappa shape index (κ2) is 11.7. The molecule has 0 aromatic carbocycles. The summed E-state index contributed by atoms with van der Waals surface area (Å²) in [5.74, 6) is 0.464. The minimum Gasteiger partial charge on any atom is -0.400 e. The van der Waals surface area contributed by atoms with Gasteiger partial charge in [-0.2, -0.15) is 0 Å². The van der Waals surface area contributed by atoms with Gasteiger partial charge < -0.3 is 5.11 Å². The molecule has 90 valence electrons. The molecule has 0 aliphatic heterocycles. The first-order valence-electron chi connectivity index (χ1n) is 6.36. The van der Waals surface area contributed by atoms with E-state index in [1.54, 1.807) is 0 Å².